The van der Waals surface area contributed by atoms with Gasteiger partial charge in [-0.25, -0.2) is 27.9 Å². The fourth-order valence-electron chi connectivity index (χ4n) is 6.21. The van der Waals surface area contributed by atoms with Gasteiger partial charge in [0.25, 0.3) is 0 Å². The molecule has 10 nitrogen and oxygen atoms in total. The van der Waals surface area contributed by atoms with Gasteiger partial charge in [-0.15, -0.1) is 0 Å². The van der Waals surface area contributed by atoms with Crippen molar-refractivity contribution in [3.63, 3.8) is 0 Å². The second kappa shape index (κ2) is 12.9. The molecule has 5 aromatic rings. The summed E-state index contributed by atoms with van der Waals surface area (Å²) in [6, 6.07) is 17.0. The zero-order chi connectivity index (χ0) is 35.2. The molecule has 1 aliphatic heterocycles. The van der Waals surface area contributed by atoms with Crippen LogP contribution < -0.4 is 4.74 Å². The Morgan fingerprint density at radius 3 is 2.46 bits per heavy atom. The van der Waals surface area contributed by atoms with Crippen LogP contribution in [-0.2, 0) is 29.1 Å². The Morgan fingerprint density at radius 1 is 0.980 bits per heavy atom. The highest BCUT2D eigenvalue weighted by Crippen LogP contribution is 2.37. The Kier molecular flexibility index (Phi) is 8.49. The smallest absolute Gasteiger partial charge is 0.335 e. The molecule has 1 saturated heterocycles. The molecule has 0 spiro atoms. The molecule has 254 valence electrons. The number of halogens is 3. The van der Waals surface area contributed by atoms with Crippen LogP contribution >= 0.6 is 0 Å². The predicted octanol–water partition coefficient (Wildman–Crippen LogP) is 5.89. The number of imidazole rings is 1. The van der Waals surface area contributed by atoms with E-state index in [9.17, 15) is 19.1 Å². The Hall–Kier alpha value is -5.74. The van der Waals surface area contributed by atoms with Gasteiger partial charge in [0.1, 0.15) is 35.5 Å². The average Bonchev–Trinajstić information content (AvgIpc) is 3.89. The number of hydrogen-bond donors (Lipinski definition) is 1. The number of aromatic carboxylic acids is 1. The summed E-state index contributed by atoms with van der Waals surface area (Å²) in [6.45, 7) is 0.689. The van der Waals surface area contributed by atoms with Crippen LogP contribution in [0, 0.1) is 34.7 Å². The normalized spacial score (nSPS) is 15.1. The number of aromatic nitrogens is 3. The quantitative estimate of drug-likeness (QED) is 0.183. The van der Waals surface area contributed by atoms with E-state index in [1.807, 2.05) is 6.07 Å². The third-order valence-electron chi connectivity index (χ3n) is 9.19. The van der Waals surface area contributed by atoms with E-state index in [1.54, 1.807) is 28.7 Å². The maximum absolute atomic E-state index is 15.8. The second-order valence-corrected chi connectivity index (χ2v) is 12.6. The molecule has 2 aromatic heterocycles. The average molecular weight is 682 g/mol. The highest BCUT2D eigenvalue weighted by molar-refractivity contribution is 5.92. The summed E-state index contributed by atoms with van der Waals surface area (Å²) in [5, 5.41) is 18.6. The summed E-state index contributed by atoms with van der Waals surface area (Å²) in [4.78, 5) is 35.2. The highest BCUT2D eigenvalue weighted by Gasteiger charge is 2.49. The van der Waals surface area contributed by atoms with Gasteiger partial charge >= 0.3 is 5.97 Å². The summed E-state index contributed by atoms with van der Waals surface area (Å²) >= 11 is 0. The van der Waals surface area contributed by atoms with Crippen molar-refractivity contribution in [2.75, 3.05) is 20.2 Å². The minimum absolute atomic E-state index is 0.00979. The van der Waals surface area contributed by atoms with E-state index >= 15 is 8.78 Å². The molecular weight excluding hydrogens is 651 g/mol. The molecule has 3 aromatic carbocycles. The maximum atomic E-state index is 15.8. The molecule has 7 rings (SSSR count). The Morgan fingerprint density at radius 2 is 1.76 bits per heavy atom. The van der Waals surface area contributed by atoms with Crippen LogP contribution in [0.1, 0.15) is 45.7 Å². The number of pyridine rings is 1. The number of hydrogen-bond acceptors (Lipinski definition) is 7. The maximum Gasteiger partial charge on any atom is 0.335 e. The predicted molar refractivity (Wildman–Crippen MR) is 174 cm³/mol. The summed E-state index contributed by atoms with van der Waals surface area (Å²) in [5.41, 5.74) is 0.579. The molecule has 50 heavy (non-hydrogen) atoms. The number of ether oxygens (including phenoxy) is 2. The van der Waals surface area contributed by atoms with Crippen molar-refractivity contribution in [1.29, 1.82) is 5.26 Å². The van der Waals surface area contributed by atoms with Crippen molar-refractivity contribution >= 4 is 22.9 Å². The minimum Gasteiger partial charge on any atom is -0.478 e. The first-order valence-electron chi connectivity index (χ1n) is 15.9. The number of carbonyl (C=O) groups excluding carboxylic acids is 1. The van der Waals surface area contributed by atoms with Gasteiger partial charge in [-0.05, 0) is 66.9 Å². The molecule has 0 atom stereocenters. The molecule has 3 heterocycles. The molecule has 0 unspecified atom stereocenters. The summed E-state index contributed by atoms with van der Waals surface area (Å²) in [5.74, 6) is -2.64. The summed E-state index contributed by atoms with van der Waals surface area (Å²) in [7, 11) is 1.55. The van der Waals surface area contributed by atoms with Gasteiger partial charge in [0.05, 0.1) is 53.6 Å². The van der Waals surface area contributed by atoms with Crippen LogP contribution in [0.15, 0.2) is 66.7 Å². The third-order valence-corrected chi connectivity index (χ3v) is 9.19. The molecule has 0 bridgehead atoms. The largest absolute Gasteiger partial charge is 0.478 e. The van der Waals surface area contributed by atoms with Crippen LogP contribution in [0.5, 0.6) is 5.88 Å². The molecular formula is C37H30F3N5O5. The fraction of sp³-hybridized carbons (Fsp3) is 0.270. The lowest BCUT2D eigenvalue weighted by atomic mass is 9.92. The van der Waals surface area contributed by atoms with Crippen LogP contribution in [0.25, 0.3) is 22.3 Å². The fourth-order valence-corrected chi connectivity index (χ4v) is 6.21. The Bertz CT molecular complexity index is 2200. The molecule has 1 amide bonds. The van der Waals surface area contributed by atoms with Gasteiger partial charge < -0.3 is 24.0 Å². The van der Waals surface area contributed by atoms with Crippen molar-refractivity contribution in [3.8, 4) is 23.2 Å². The first-order valence-corrected chi connectivity index (χ1v) is 15.9. The van der Waals surface area contributed by atoms with Crippen LogP contribution in [0.3, 0.4) is 0 Å². The standard InChI is InChI=1S/C37H30F3N5O5/c1-49-37(18-44(19-37)35(46)22-7-8-22)20-45-32-13-23(36(47)48)9-10-31(32)42-33(45)14-25-12-29(40)26(15-28(25)39)30-3-2-4-34(43-30)50-17-24-6-5-21(16-41)11-27(24)38/h2-6,9-13,15,22H,7-8,14,17-20H2,1H3,(H,47,48). The zero-order valence-electron chi connectivity index (χ0n) is 26.8. The number of likely N-dealkylation sites (tertiary alicyclic amines) is 1. The van der Waals surface area contributed by atoms with Crippen molar-refractivity contribution in [1.82, 2.24) is 19.4 Å². The van der Waals surface area contributed by atoms with Gasteiger partial charge in [0, 0.05) is 36.6 Å². The number of carboxylic acids is 1. The van der Waals surface area contributed by atoms with Crippen LogP contribution in [-0.4, -0.2) is 62.2 Å². The lowest BCUT2D eigenvalue weighted by molar-refractivity contribution is -0.166. The van der Waals surface area contributed by atoms with Crippen molar-refractivity contribution < 1.29 is 37.3 Å². The van der Waals surface area contributed by atoms with Crippen molar-refractivity contribution in [3.05, 3.63) is 112 Å². The number of rotatable bonds is 11. The minimum atomic E-state index is -1.12. The molecule has 1 aliphatic carbocycles. The van der Waals surface area contributed by atoms with E-state index < -0.39 is 29.0 Å². The number of methoxy groups -OCH3 is 1. The molecule has 1 N–H and O–H groups in total. The Labute approximate surface area is 284 Å². The van der Waals surface area contributed by atoms with E-state index in [1.165, 1.54) is 36.4 Å². The van der Waals surface area contributed by atoms with Gasteiger partial charge in [-0.1, -0.05) is 12.1 Å². The van der Waals surface area contributed by atoms with E-state index in [0.717, 1.165) is 31.0 Å². The SMILES string of the molecule is COC1(Cn2c(Cc3cc(F)c(-c4cccc(OCc5ccc(C#N)cc5F)n4)cc3F)nc3ccc(C(=O)O)cc32)CN(C(=O)C2CC2)C1. The first-order chi connectivity index (χ1) is 24.1. The van der Waals surface area contributed by atoms with E-state index in [0.29, 0.717) is 29.9 Å². The van der Waals surface area contributed by atoms with Gasteiger partial charge in [0.15, 0.2) is 0 Å². The lowest BCUT2D eigenvalue weighted by Gasteiger charge is -2.49. The lowest BCUT2D eigenvalue weighted by Crippen LogP contribution is -2.66. The topological polar surface area (TPSA) is 131 Å². The van der Waals surface area contributed by atoms with Gasteiger partial charge in [0.2, 0.25) is 11.8 Å². The molecule has 1 saturated carbocycles. The van der Waals surface area contributed by atoms with Gasteiger partial charge in [-0.3, -0.25) is 4.79 Å². The van der Waals surface area contributed by atoms with Crippen LogP contribution in [0.2, 0.25) is 0 Å². The number of benzene rings is 3. The second-order valence-electron chi connectivity index (χ2n) is 12.6. The molecule has 2 fully saturated rings. The number of nitriles is 1. The van der Waals surface area contributed by atoms with E-state index in [-0.39, 0.29) is 70.8 Å². The Balaban J connectivity index is 1.15. The zero-order valence-corrected chi connectivity index (χ0v) is 26.8. The molecule has 2 aliphatic rings. The number of carboxylic acid groups (broad SMARTS) is 1. The number of nitrogens with zero attached hydrogens (tertiary/aromatic N) is 5. The van der Waals surface area contributed by atoms with Crippen molar-refractivity contribution in [2.24, 2.45) is 5.92 Å². The van der Waals surface area contributed by atoms with E-state index in [4.69, 9.17) is 14.7 Å². The first kappa shape index (κ1) is 32.8. The van der Waals surface area contributed by atoms with Crippen LogP contribution in [0.4, 0.5) is 13.2 Å². The summed E-state index contributed by atoms with van der Waals surface area (Å²) < 4.78 is 59.0. The summed E-state index contributed by atoms with van der Waals surface area (Å²) in [6.07, 6.45) is 1.62. The third kappa shape index (κ3) is 6.37. The molecule has 0 radical (unpaired) electrons. The monoisotopic (exact) mass is 681 g/mol. The van der Waals surface area contributed by atoms with Crippen molar-refractivity contribution in [2.45, 2.75) is 38.0 Å². The number of carbonyl (C=O) groups is 2. The highest BCUT2D eigenvalue weighted by atomic mass is 19.1. The number of fused-ring (bicyclic) bond motifs is 1. The van der Waals surface area contributed by atoms with Gasteiger partial charge in [-0.2, -0.15) is 5.26 Å². The number of amides is 1. The van der Waals surface area contributed by atoms with E-state index in [2.05, 4.69) is 9.97 Å². The molecule has 13 heteroatoms.